The molecule has 110 valence electrons. The van der Waals surface area contributed by atoms with Crippen molar-refractivity contribution in [1.82, 2.24) is 20.9 Å². The summed E-state index contributed by atoms with van der Waals surface area (Å²) in [4.78, 5) is 24.4. The number of carbonyl (C=O) groups excluding carboxylic acids is 2. The van der Waals surface area contributed by atoms with Gasteiger partial charge in [0.15, 0.2) is 0 Å². The van der Waals surface area contributed by atoms with Gasteiger partial charge in [0.05, 0.1) is 6.54 Å². The van der Waals surface area contributed by atoms with Crippen molar-refractivity contribution in [3.05, 3.63) is 0 Å². The van der Waals surface area contributed by atoms with Crippen molar-refractivity contribution in [3.63, 3.8) is 0 Å². The summed E-state index contributed by atoms with van der Waals surface area (Å²) in [6.45, 7) is 6.00. The van der Waals surface area contributed by atoms with Gasteiger partial charge in [0.1, 0.15) is 0 Å². The van der Waals surface area contributed by atoms with Gasteiger partial charge in [-0.3, -0.25) is 14.5 Å². The Hall–Kier alpha value is -1.14. The van der Waals surface area contributed by atoms with Crippen LogP contribution in [-0.4, -0.2) is 63.0 Å². The first kappa shape index (κ1) is 15.9. The van der Waals surface area contributed by atoms with Gasteiger partial charge < -0.3 is 16.0 Å². The van der Waals surface area contributed by atoms with Crippen LogP contribution in [0.1, 0.15) is 19.8 Å². The predicted molar refractivity (Wildman–Crippen MR) is 74.8 cm³/mol. The van der Waals surface area contributed by atoms with E-state index in [9.17, 15) is 9.59 Å². The number of hydrogen-bond donors (Lipinski definition) is 3. The van der Waals surface area contributed by atoms with E-state index < -0.39 is 0 Å². The molecule has 1 rings (SSSR count). The van der Waals surface area contributed by atoms with E-state index in [1.54, 1.807) is 0 Å². The van der Waals surface area contributed by atoms with Crippen LogP contribution in [-0.2, 0) is 9.59 Å². The number of rotatable bonds is 7. The second-order valence-corrected chi connectivity index (χ2v) is 5.22. The molecule has 0 radical (unpaired) electrons. The number of amides is 2. The summed E-state index contributed by atoms with van der Waals surface area (Å²) >= 11 is 0. The first-order chi connectivity index (χ1) is 9.08. The highest BCUT2D eigenvalue weighted by molar-refractivity contribution is 5.78. The molecule has 0 aromatic heterocycles. The van der Waals surface area contributed by atoms with Gasteiger partial charge in [0.2, 0.25) is 11.8 Å². The summed E-state index contributed by atoms with van der Waals surface area (Å²) in [6, 6.07) is 0. The molecule has 6 heteroatoms. The molecule has 0 bridgehead atoms. The number of piperidine rings is 1. The number of hydrogen-bond acceptors (Lipinski definition) is 4. The van der Waals surface area contributed by atoms with E-state index in [2.05, 4.69) is 20.9 Å². The van der Waals surface area contributed by atoms with E-state index in [0.717, 1.165) is 19.6 Å². The molecule has 2 amide bonds. The van der Waals surface area contributed by atoms with Crippen molar-refractivity contribution in [3.8, 4) is 0 Å². The fourth-order valence-corrected chi connectivity index (χ4v) is 2.31. The lowest BCUT2D eigenvalue weighted by molar-refractivity contribution is -0.122. The Bertz CT molecular complexity index is 290. The van der Waals surface area contributed by atoms with E-state index in [1.165, 1.54) is 19.8 Å². The smallest absolute Gasteiger partial charge is 0.234 e. The zero-order chi connectivity index (χ0) is 14.1. The molecular weight excluding hydrogens is 244 g/mol. The Morgan fingerprint density at radius 1 is 1.21 bits per heavy atom. The third-order valence-corrected chi connectivity index (χ3v) is 3.26. The Labute approximate surface area is 115 Å². The Balaban J connectivity index is 2.07. The van der Waals surface area contributed by atoms with Gasteiger partial charge in [-0.25, -0.2) is 0 Å². The van der Waals surface area contributed by atoms with Crippen molar-refractivity contribution in [2.24, 2.45) is 5.92 Å². The average Bonchev–Trinajstić information content (AvgIpc) is 2.35. The lowest BCUT2D eigenvalue weighted by Crippen LogP contribution is -2.41. The molecule has 0 aromatic carbocycles. The van der Waals surface area contributed by atoms with Gasteiger partial charge in [0.25, 0.3) is 0 Å². The minimum atomic E-state index is -0.0720. The van der Waals surface area contributed by atoms with E-state index in [0.29, 0.717) is 25.6 Å². The van der Waals surface area contributed by atoms with Gasteiger partial charge in [-0.2, -0.15) is 0 Å². The van der Waals surface area contributed by atoms with E-state index in [4.69, 9.17) is 0 Å². The molecule has 19 heavy (non-hydrogen) atoms. The van der Waals surface area contributed by atoms with Crippen LogP contribution in [0.15, 0.2) is 0 Å². The zero-order valence-electron chi connectivity index (χ0n) is 12.0. The van der Waals surface area contributed by atoms with Gasteiger partial charge in [-0.15, -0.1) is 0 Å². The third kappa shape index (κ3) is 7.79. The minimum Gasteiger partial charge on any atom is -0.355 e. The largest absolute Gasteiger partial charge is 0.355 e. The van der Waals surface area contributed by atoms with Crippen molar-refractivity contribution < 1.29 is 9.59 Å². The van der Waals surface area contributed by atoms with Crippen LogP contribution in [0.25, 0.3) is 0 Å². The first-order valence-corrected chi connectivity index (χ1v) is 6.98. The summed E-state index contributed by atoms with van der Waals surface area (Å²) in [6.07, 6.45) is 2.38. The molecule has 1 aliphatic rings. The van der Waals surface area contributed by atoms with Crippen LogP contribution < -0.4 is 16.0 Å². The molecule has 1 heterocycles. The highest BCUT2D eigenvalue weighted by Crippen LogP contribution is 2.12. The van der Waals surface area contributed by atoms with Crippen LogP contribution in [0.5, 0.6) is 0 Å². The van der Waals surface area contributed by atoms with Crippen molar-refractivity contribution in [2.75, 3.05) is 46.3 Å². The SMILES string of the molecule is CC(=O)NCCNC(=O)CN(C)CC1CCNCC1. The molecule has 0 saturated carbocycles. The normalized spacial score (nSPS) is 16.4. The highest BCUT2D eigenvalue weighted by Gasteiger charge is 2.16. The topological polar surface area (TPSA) is 73.5 Å². The standard InChI is InChI=1S/C13H26N4O2/c1-11(18)15-7-8-16-13(19)10-17(2)9-12-3-5-14-6-4-12/h12,14H,3-10H2,1-2H3,(H,15,18)(H,16,19). The maximum Gasteiger partial charge on any atom is 0.234 e. The zero-order valence-corrected chi connectivity index (χ0v) is 12.0. The molecule has 1 fully saturated rings. The van der Waals surface area contributed by atoms with Crippen LogP contribution in [0.2, 0.25) is 0 Å². The maximum absolute atomic E-state index is 11.7. The molecule has 0 atom stereocenters. The number of carbonyl (C=O) groups is 2. The van der Waals surface area contributed by atoms with Crippen molar-refractivity contribution in [1.29, 1.82) is 0 Å². The first-order valence-electron chi connectivity index (χ1n) is 6.98. The van der Waals surface area contributed by atoms with Crippen LogP contribution in [0.3, 0.4) is 0 Å². The summed E-state index contributed by atoms with van der Waals surface area (Å²) in [5, 5.41) is 8.78. The molecule has 1 aliphatic heterocycles. The molecule has 0 unspecified atom stereocenters. The van der Waals surface area contributed by atoms with Crippen LogP contribution >= 0.6 is 0 Å². The van der Waals surface area contributed by atoms with E-state index in [1.807, 2.05) is 7.05 Å². The summed E-state index contributed by atoms with van der Waals surface area (Å²) in [7, 11) is 1.98. The van der Waals surface area contributed by atoms with Crippen molar-refractivity contribution >= 4 is 11.8 Å². The molecule has 1 saturated heterocycles. The molecule has 0 aromatic rings. The van der Waals surface area contributed by atoms with Gasteiger partial charge in [-0.05, 0) is 38.9 Å². The predicted octanol–water partition coefficient (Wildman–Crippen LogP) is -0.830. The second-order valence-electron chi connectivity index (χ2n) is 5.22. The molecular formula is C13H26N4O2. The molecule has 6 nitrogen and oxygen atoms in total. The summed E-state index contributed by atoms with van der Waals surface area (Å²) < 4.78 is 0. The third-order valence-electron chi connectivity index (χ3n) is 3.26. The minimum absolute atomic E-state index is 0.0155. The molecule has 0 aliphatic carbocycles. The lowest BCUT2D eigenvalue weighted by Gasteiger charge is -2.27. The van der Waals surface area contributed by atoms with Crippen LogP contribution in [0.4, 0.5) is 0 Å². The van der Waals surface area contributed by atoms with Gasteiger partial charge in [0, 0.05) is 26.6 Å². The molecule has 0 spiro atoms. The number of nitrogens with zero attached hydrogens (tertiary/aromatic N) is 1. The lowest BCUT2D eigenvalue weighted by atomic mass is 9.98. The fourth-order valence-electron chi connectivity index (χ4n) is 2.31. The Kier molecular flexibility index (Phi) is 7.43. The van der Waals surface area contributed by atoms with E-state index >= 15 is 0 Å². The van der Waals surface area contributed by atoms with Crippen molar-refractivity contribution in [2.45, 2.75) is 19.8 Å². The van der Waals surface area contributed by atoms with Gasteiger partial charge in [-0.1, -0.05) is 0 Å². The monoisotopic (exact) mass is 270 g/mol. The van der Waals surface area contributed by atoms with Gasteiger partial charge >= 0.3 is 0 Å². The highest BCUT2D eigenvalue weighted by atomic mass is 16.2. The fraction of sp³-hybridized carbons (Fsp3) is 0.846. The van der Waals surface area contributed by atoms with E-state index in [-0.39, 0.29) is 11.8 Å². The summed E-state index contributed by atoms with van der Waals surface area (Å²) in [5.41, 5.74) is 0. The Morgan fingerprint density at radius 2 is 1.84 bits per heavy atom. The maximum atomic E-state index is 11.7. The quantitative estimate of drug-likeness (QED) is 0.528. The average molecular weight is 270 g/mol. The number of likely N-dealkylation sites (N-methyl/N-ethyl adjacent to an activating group) is 1. The van der Waals surface area contributed by atoms with Crippen LogP contribution in [0, 0.1) is 5.92 Å². The molecule has 3 N–H and O–H groups in total. The second kappa shape index (κ2) is 8.87. The Morgan fingerprint density at radius 3 is 2.47 bits per heavy atom. The number of nitrogens with one attached hydrogen (secondary N) is 3. The summed E-state index contributed by atoms with van der Waals surface area (Å²) in [5.74, 6) is 0.637.